The van der Waals surface area contributed by atoms with E-state index in [2.05, 4.69) is 49.2 Å². The lowest BCUT2D eigenvalue weighted by atomic mass is 10.0. The first-order valence-corrected chi connectivity index (χ1v) is 8.67. The molecular weight excluding hydrogens is 312 g/mol. The minimum absolute atomic E-state index is 0.598. The monoisotopic (exact) mass is 330 g/mol. The Morgan fingerprint density at radius 2 is 1.92 bits per heavy atom. The van der Waals surface area contributed by atoms with Crippen molar-refractivity contribution in [3.8, 4) is 17.3 Å². The number of hydrogen-bond donors (Lipinski definition) is 0. The normalized spacial score (nSPS) is 11.3. The van der Waals surface area contributed by atoms with Gasteiger partial charge in [-0.15, -0.1) is 11.3 Å². The van der Waals surface area contributed by atoms with Crippen LogP contribution < -0.4 is 0 Å². The van der Waals surface area contributed by atoms with Crippen molar-refractivity contribution in [3.05, 3.63) is 75.1 Å². The van der Waals surface area contributed by atoms with Crippen molar-refractivity contribution in [1.29, 1.82) is 5.26 Å². The van der Waals surface area contributed by atoms with Crippen LogP contribution in [-0.2, 0) is 0 Å². The minimum atomic E-state index is 0.598. The van der Waals surface area contributed by atoms with Gasteiger partial charge in [0.05, 0.1) is 11.3 Å². The van der Waals surface area contributed by atoms with Crippen molar-refractivity contribution in [2.45, 2.75) is 20.8 Å². The van der Waals surface area contributed by atoms with Gasteiger partial charge < -0.3 is 0 Å². The quantitative estimate of drug-likeness (QED) is 0.569. The number of thiazole rings is 1. The fourth-order valence-electron chi connectivity index (χ4n) is 2.50. The maximum Gasteiger partial charge on any atom is 0.134 e. The van der Waals surface area contributed by atoms with Crippen LogP contribution in [0.3, 0.4) is 0 Å². The van der Waals surface area contributed by atoms with E-state index in [1.165, 1.54) is 28.0 Å². The van der Waals surface area contributed by atoms with E-state index in [1.807, 2.05) is 36.6 Å². The van der Waals surface area contributed by atoms with Crippen LogP contribution in [0.5, 0.6) is 0 Å². The fourth-order valence-corrected chi connectivity index (χ4v) is 3.29. The molecule has 0 unspecified atom stereocenters. The van der Waals surface area contributed by atoms with Gasteiger partial charge >= 0.3 is 0 Å². The molecule has 0 aliphatic heterocycles. The molecule has 0 bridgehead atoms. The predicted molar refractivity (Wildman–Crippen MR) is 102 cm³/mol. The molecule has 1 aromatic heterocycles. The van der Waals surface area contributed by atoms with Crippen molar-refractivity contribution in [2.75, 3.05) is 0 Å². The molecule has 0 radical (unpaired) electrons. The maximum absolute atomic E-state index is 9.52. The molecule has 0 saturated heterocycles. The van der Waals surface area contributed by atoms with Gasteiger partial charge in [-0.3, -0.25) is 0 Å². The van der Waals surface area contributed by atoms with E-state index in [4.69, 9.17) is 0 Å². The largest absolute Gasteiger partial charge is 0.235 e. The lowest BCUT2D eigenvalue weighted by molar-refractivity contribution is 1.32. The number of benzene rings is 2. The average Bonchev–Trinajstić information content (AvgIpc) is 3.05. The Hall–Kier alpha value is -2.70. The highest BCUT2D eigenvalue weighted by Gasteiger charge is 2.09. The Labute approximate surface area is 146 Å². The van der Waals surface area contributed by atoms with Crippen molar-refractivity contribution in [3.63, 3.8) is 0 Å². The number of rotatable bonds is 3. The van der Waals surface area contributed by atoms with E-state index >= 15 is 0 Å². The molecule has 0 N–H and O–H groups in total. The van der Waals surface area contributed by atoms with Crippen molar-refractivity contribution < 1.29 is 0 Å². The van der Waals surface area contributed by atoms with Gasteiger partial charge in [0.15, 0.2) is 0 Å². The van der Waals surface area contributed by atoms with E-state index in [-0.39, 0.29) is 0 Å². The van der Waals surface area contributed by atoms with Crippen LogP contribution in [0, 0.1) is 32.1 Å². The summed E-state index contributed by atoms with van der Waals surface area (Å²) in [6, 6.07) is 16.7. The van der Waals surface area contributed by atoms with Crippen molar-refractivity contribution in [1.82, 2.24) is 4.98 Å². The molecule has 2 aromatic carbocycles. The zero-order valence-corrected chi connectivity index (χ0v) is 14.8. The average molecular weight is 330 g/mol. The van der Waals surface area contributed by atoms with Gasteiger partial charge in [-0.2, -0.15) is 5.26 Å². The third-order valence-electron chi connectivity index (χ3n) is 4.01. The van der Waals surface area contributed by atoms with Gasteiger partial charge in [0.2, 0.25) is 0 Å². The number of allylic oxidation sites excluding steroid dienone is 1. The molecule has 0 atom stereocenters. The highest BCUT2D eigenvalue weighted by atomic mass is 32.1. The minimum Gasteiger partial charge on any atom is -0.235 e. The molecule has 118 valence electrons. The highest BCUT2D eigenvalue weighted by molar-refractivity contribution is 7.11. The predicted octanol–water partition coefficient (Wildman–Crippen LogP) is 5.80. The zero-order valence-electron chi connectivity index (χ0n) is 14.0. The zero-order chi connectivity index (χ0) is 17.1. The molecule has 0 aliphatic carbocycles. The third-order valence-corrected chi connectivity index (χ3v) is 4.89. The Morgan fingerprint density at radius 3 is 2.62 bits per heavy atom. The summed E-state index contributed by atoms with van der Waals surface area (Å²) in [5.41, 5.74) is 7.33. The lowest BCUT2D eigenvalue weighted by Gasteiger charge is -2.02. The summed E-state index contributed by atoms with van der Waals surface area (Å²) in [5, 5.41) is 12.3. The highest BCUT2D eigenvalue weighted by Crippen LogP contribution is 2.28. The molecule has 0 amide bonds. The molecule has 2 nitrogen and oxygen atoms in total. The van der Waals surface area contributed by atoms with Crippen LogP contribution in [0.15, 0.2) is 47.8 Å². The second kappa shape index (κ2) is 6.82. The van der Waals surface area contributed by atoms with Crippen LogP contribution in [0.4, 0.5) is 0 Å². The Kier molecular flexibility index (Phi) is 4.59. The topological polar surface area (TPSA) is 36.7 Å². The summed E-state index contributed by atoms with van der Waals surface area (Å²) in [7, 11) is 0. The Bertz CT molecular complexity index is 958. The fraction of sp³-hybridized carbons (Fsp3) is 0.143. The number of aryl methyl sites for hydroxylation is 3. The molecule has 3 aromatic rings. The van der Waals surface area contributed by atoms with Crippen molar-refractivity contribution in [2.24, 2.45) is 0 Å². The lowest BCUT2D eigenvalue weighted by Crippen LogP contribution is -1.85. The van der Waals surface area contributed by atoms with Crippen LogP contribution >= 0.6 is 11.3 Å². The van der Waals surface area contributed by atoms with Gasteiger partial charge in [-0.25, -0.2) is 4.98 Å². The molecule has 3 heteroatoms. The standard InChI is InChI=1S/C21H18N2S/c1-14-5-4-6-17(9-14)11-19(12-22)21-23-20(13-24-21)18-8-7-15(2)16(3)10-18/h4-11,13H,1-3H3. The molecule has 0 aliphatic rings. The van der Waals surface area contributed by atoms with Crippen LogP contribution in [-0.4, -0.2) is 4.98 Å². The molecule has 24 heavy (non-hydrogen) atoms. The summed E-state index contributed by atoms with van der Waals surface area (Å²) < 4.78 is 0. The molecular formula is C21H18N2S. The first-order valence-electron chi connectivity index (χ1n) is 7.79. The molecule has 1 heterocycles. The van der Waals surface area contributed by atoms with E-state index in [0.717, 1.165) is 21.8 Å². The molecule has 3 rings (SSSR count). The Balaban J connectivity index is 1.96. The molecule has 0 spiro atoms. The van der Waals surface area contributed by atoms with Crippen molar-refractivity contribution >= 4 is 23.0 Å². The summed E-state index contributed by atoms with van der Waals surface area (Å²) in [5.74, 6) is 0. The second-order valence-corrected chi connectivity index (χ2v) is 6.78. The van der Waals surface area contributed by atoms with Crippen LogP contribution in [0.25, 0.3) is 22.9 Å². The van der Waals surface area contributed by atoms with Crippen LogP contribution in [0.2, 0.25) is 0 Å². The third kappa shape index (κ3) is 3.45. The summed E-state index contributed by atoms with van der Waals surface area (Å²) in [6.07, 6.45) is 1.90. The summed E-state index contributed by atoms with van der Waals surface area (Å²) >= 11 is 1.51. The first-order chi connectivity index (χ1) is 11.6. The second-order valence-electron chi connectivity index (χ2n) is 5.92. The van der Waals surface area contributed by atoms with Gasteiger partial charge in [0, 0.05) is 10.9 Å². The first kappa shape index (κ1) is 16.2. The SMILES string of the molecule is Cc1cccc(C=C(C#N)c2nc(-c3ccc(C)c(C)c3)cs2)c1. The van der Waals surface area contributed by atoms with E-state index < -0.39 is 0 Å². The molecule has 0 saturated carbocycles. The number of nitrogens with zero attached hydrogens (tertiary/aromatic N) is 2. The van der Waals surface area contributed by atoms with Gasteiger partial charge in [0.25, 0.3) is 0 Å². The van der Waals surface area contributed by atoms with Gasteiger partial charge in [-0.1, -0.05) is 42.0 Å². The van der Waals surface area contributed by atoms with E-state index in [1.54, 1.807) is 0 Å². The van der Waals surface area contributed by atoms with E-state index in [9.17, 15) is 5.26 Å². The van der Waals surface area contributed by atoms with Gasteiger partial charge in [0.1, 0.15) is 11.1 Å². The van der Waals surface area contributed by atoms with Gasteiger partial charge in [-0.05, 0) is 49.6 Å². The smallest absolute Gasteiger partial charge is 0.134 e. The number of hydrogen-bond acceptors (Lipinski definition) is 3. The number of nitriles is 1. The summed E-state index contributed by atoms with van der Waals surface area (Å²) in [4.78, 5) is 4.67. The van der Waals surface area contributed by atoms with Crippen LogP contribution in [0.1, 0.15) is 27.3 Å². The summed E-state index contributed by atoms with van der Waals surface area (Å²) in [6.45, 7) is 6.25. The Morgan fingerprint density at radius 1 is 1.08 bits per heavy atom. The maximum atomic E-state index is 9.52. The number of aromatic nitrogens is 1. The van der Waals surface area contributed by atoms with E-state index in [0.29, 0.717) is 5.57 Å². The molecule has 0 fully saturated rings.